The monoisotopic (exact) mass is 476 g/mol. The Morgan fingerprint density at radius 1 is 0.657 bits per heavy atom. The maximum atomic E-state index is 4.47. The molecule has 2 heteroatoms. The van der Waals surface area contributed by atoms with Crippen molar-refractivity contribution in [2.45, 2.75) is 117 Å². The van der Waals surface area contributed by atoms with Crippen LogP contribution in [0.2, 0.25) is 0 Å². The maximum absolute atomic E-state index is 4.47. The number of benzene rings is 1. The molecule has 2 rings (SSSR count). The van der Waals surface area contributed by atoms with E-state index in [1.165, 1.54) is 127 Å². The normalized spacial score (nSPS) is 11.0. The summed E-state index contributed by atoms with van der Waals surface area (Å²) in [5.41, 5.74) is 4.70. The first-order valence-corrected chi connectivity index (χ1v) is 14.7. The lowest BCUT2D eigenvalue weighted by Gasteiger charge is -2.25. The average molecular weight is 477 g/mol. The van der Waals surface area contributed by atoms with Crippen molar-refractivity contribution in [2.24, 2.45) is 0 Å². The number of nitrogens with zero attached hydrogens (tertiary/aromatic N) is 2. The van der Waals surface area contributed by atoms with E-state index in [4.69, 9.17) is 0 Å². The molecule has 0 N–H and O–H groups in total. The van der Waals surface area contributed by atoms with Crippen LogP contribution < -0.4 is 4.90 Å². The highest BCUT2D eigenvalue weighted by molar-refractivity contribution is 5.73. The molecule has 0 amide bonds. The summed E-state index contributed by atoms with van der Waals surface area (Å²) in [5.74, 6) is 0. The fourth-order valence-electron chi connectivity index (χ4n) is 4.92. The van der Waals surface area contributed by atoms with Crippen LogP contribution in [0.3, 0.4) is 0 Å². The quantitative estimate of drug-likeness (QED) is 0.167. The maximum Gasteiger partial charge on any atom is 0.0702 e. The number of rotatable bonds is 21. The molecular weight excluding hydrogens is 424 g/mol. The van der Waals surface area contributed by atoms with E-state index < -0.39 is 0 Å². The Morgan fingerprint density at radius 2 is 1.14 bits per heavy atom. The molecule has 35 heavy (non-hydrogen) atoms. The summed E-state index contributed by atoms with van der Waals surface area (Å²) >= 11 is 0. The van der Waals surface area contributed by atoms with Gasteiger partial charge in [-0.3, -0.25) is 4.98 Å². The highest BCUT2D eigenvalue weighted by atomic mass is 15.1. The van der Waals surface area contributed by atoms with Crippen LogP contribution in [-0.4, -0.2) is 18.1 Å². The molecule has 0 unspecified atom stereocenters. The van der Waals surface area contributed by atoms with E-state index in [0.717, 1.165) is 11.3 Å². The molecule has 0 aliphatic carbocycles. The molecule has 0 saturated heterocycles. The Bertz CT molecular complexity index is 760. The lowest BCUT2D eigenvalue weighted by Crippen LogP contribution is -2.25. The van der Waals surface area contributed by atoms with Crippen molar-refractivity contribution in [3.63, 3.8) is 0 Å². The first kappa shape index (κ1) is 29.1. The molecule has 1 aromatic carbocycles. The molecule has 1 heterocycles. The average Bonchev–Trinajstić information content (AvgIpc) is 2.90. The molecule has 0 bridgehead atoms. The third-order valence-corrected chi connectivity index (χ3v) is 7.14. The predicted octanol–water partition coefficient (Wildman–Crippen LogP) is 10.5. The zero-order chi connectivity index (χ0) is 25.0. The lowest BCUT2D eigenvalue weighted by atomic mass is 10.0. The Hall–Kier alpha value is -2.09. The van der Waals surface area contributed by atoms with Gasteiger partial charge in [0.2, 0.25) is 0 Å². The highest BCUT2D eigenvalue weighted by Gasteiger charge is 2.09. The number of unbranched alkanes of at least 4 members (excludes halogenated alkanes) is 14. The van der Waals surface area contributed by atoms with Crippen LogP contribution in [0.1, 0.15) is 122 Å². The molecule has 0 aliphatic rings. The van der Waals surface area contributed by atoms with Crippen LogP contribution >= 0.6 is 0 Å². The summed E-state index contributed by atoms with van der Waals surface area (Å²) in [6.07, 6.45) is 25.7. The minimum atomic E-state index is 0.954. The van der Waals surface area contributed by atoms with E-state index in [2.05, 4.69) is 60.6 Å². The predicted molar refractivity (Wildman–Crippen MR) is 157 cm³/mol. The second-order valence-electron chi connectivity index (χ2n) is 10.1. The van der Waals surface area contributed by atoms with E-state index in [-0.39, 0.29) is 0 Å². The minimum absolute atomic E-state index is 0.954. The van der Waals surface area contributed by atoms with Crippen LogP contribution in [0.4, 0.5) is 5.69 Å². The second kappa shape index (κ2) is 19.1. The molecule has 1 aromatic heterocycles. The Balaban J connectivity index is 1.87. The largest absolute Gasteiger partial charge is 0.372 e. The second-order valence-corrected chi connectivity index (χ2v) is 10.1. The Morgan fingerprint density at radius 3 is 1.63 bits per heavy atom. The minimum Gasteiger partial charge on any atom is -0.372 e. The molecule has 194 valence electrons. The van der Waals surface area contributed by atoms with Crippen molar-refractivity contribution in [1.82, 2.24) is 4.98 Å². The molecule has 0 aliphatic heterocycles. The van der Waals surface area contributed by atoms with E-state index >= 15 is 0 Å². The SMILES string of the molecule is C=Cc1ncccc1-c1ccc(N(CCCCCCCCCC)CCCCCCCCCC)cc1. The van der Waals surface area contributed by atoms with Gasteiger partial charge in [0.1, 0.15) is 0 Å². The Labute approximate surface area is 217 Å². The van der Waals surface area contributed by atoms with E-state index in [0.29, 0.717) is 0 Å². The van der Waals surface area contributed by atoms with Crippen LogP contribution in [0.25, 0.3) is 17.2 Å². The van der Waals surface area contributed by atoms with Gasteiger partial charge in [-0.15, -0.1) is 0 Å². The fourth-order valence-corrected chi connectivity index (χ4v) is 4.92. The van der Waals surface area contributed by atoms with Gasteiger partial charge in [0.05, 0.1) is 5.69 Å². The highest BCUT2D eigenvalue weighted by Crippen LogP contribution is 2.26. The molecular formula is C33H52N2. The summed E-state index contributed by atoms with van der Waals surface area (Å²) in [4.78, 5) is 7.10. The summed E-state index contributed by atoms with van der Waals surface area (Å²) in [7, 11) is 0. The number of anilines is 1. The van der Waals surface area contributed by atoms with Gasteiger partial charge < -0.3 is 4.90 Å². The number of pyridine rings is 1. The first-order chi connectivity index (χ1) is 17.3. The van der Waals surface area contributed by atoms with Crippen LogP contribution in [0, 0.1) is 0 Å². The number of aromatic nitrogens is 1. The van der Waals surface area contributed by atoms with Crippen LogP contribution in [0.5, 0.6) is 0 Å². The molecule has 0 atom stereocenters. The number of hydrogen-bond donors (Lipinski definition) is 0. The van der Waals surface area contributed by atoms with Gasteiger partial charge >= 0.3 is 0 Å². The van der Waals surface area contributed by atoms with Crippen molar-refractivity contribution in [2.75, 3.05) is 18.0 Å². The van der Waals surface area contributed by atoms with Gasteiger partial charge in [-0.25, -0.2) is 0 Å². The molecule has 0 fully saturated rings. The van der Waals surface area contributed by atoms with Crippen molar-refractivity contribution in [3.05, 3.63) is 54.9 Å². The summed E-state index contributed by atoms with van der Waals surface area (Å²) < 4.78 is 0. The number of hydrogen-bond acceptors (Lipinski definition) is 2. The van der Waals surface area contributed by atoms with Crippen molar-refractivity contribution in [1.29, 1.82) is 0 Å². The third-order valence-electron chi connectivity index (χ3n) is 7.14. The van der Waals surface area contributed by atoms with Gasteiger partial charge in [0, 0.05) is 30.5 Å². The summed E-state index contributed by atoms with van der Waals surface area (Å²) in [6, 6.07) is 13.3. The fraction of sp³-hybridized carbons (Fsp3) is 0.606. The van der Waals surface area contributed by atoms with E-state index in [1.54, 1.807) is 0 Å². The third kappa shape index (κ3) is 11.9. The van der Waals surface area contributed by atoms with Crippen molar-refractivity contribution in [3.8, 4) is 11.1 Å². The van der Waals surface area contributed by atoms with Gasteiger partial charge in [0.25, 0.3) is 0 Å². The zero-order valence-corrected chi connectivity index (χ0v) is 22.9. The molecule has 0 spiro atoms. The van der Waals surface area contributed by atoms with Crippen LogP contribution in [0.15, 0.2) is 49.2 Å². The molecule has 2 nitrogen and oxygen atoms in total. The Kier molecular flexibility index (Phi) is 15.9. The van der Waals surface area contributed by atoms with Gasteiger partial charge in [0.15, 0.2) is 0 Å². The van der Waals surface area contributed by atoms with Crippen molar-refractivity contribution < 1.29 is 0 Å². The van der Waals surface area contributed by atoms with Crippen LogP contribution in [-0.2, 0) is 0 Å². The van der Waals surface area contributed by atoms with Gasteiger partial charge in [-0.1, -0.05) is 129 Å². The molecule has 0 saturated carbocycles. The van der Waals surface area contributed by atoms with Gasteiger partial charge in [-0.2, -0.15) is 0 Å². The summed E-state index contributed by atoms with van der Waals surface area (Å²) in [6.45, 7) is 10.9. The molecule has 2 aromatic rings. The zero-order valence-electron chi connectivity index (χ0n) is 22.9. The summed E-state index contributed by atoms with van der Waals surface area (Å²) in [5, 5.41) is 0. The van der Waals surface area contributed by atoms with E-state index in [9.17, 15) is 0 Å². The first-order valence-electron chi connectivity index (χ1n) is 14.7. The topological polar surface area (TPSA) is 16.1 Å². The lowest BCUT2D eigenvalue weighted by molar-refractivity contribution is 0.555. The standard InChI is InChI=1S/C33H52N2/c1-4-7-9-11-13-15-17-19-28-35(29-20-18-16-14-12-10-8-5-2)31-25-23-30(24-26-31)32-22-21-27-34-33(32)6-3/h6,21-27H,3-5,7-20,28-29H2,1-2H3. The smallest absolute Gasteiger partial charge is 0.0702 e. The van der Waals surface area contributed by atoms with E-state index in [1.807, 2.05) is 18.3 Å². The van der Waals surface area contributed by atoms with Crippen molar-refractivity contribution >= 4 is 11.8 Å². The molecule has 0 radical (unpaired) electrons. The van der Waals surface area contributed by atoms with Gasteiger partial charge in [-0.05, 0) is 42.7 Å².